The van der Waals surface area contributed by atoms with Gasteiger partial charge in [-0.1, -0.05) is 24.9 Å². The minimum absolute atomic E-state index is 0.152. The summed E-state index contributed by atoms with van der Waals surface area (Å²) in [5.74, 6) is 1.57. The molecule has 2 aliphatic carbocycles. The molecule has 5 nitrogen and oxygen atoms in total. The maximum Gasteiger partial charge on any atom is 0.253 e. The van der Waals surface area contributed by atoms with E-state index >= 15 is 0 Å². The van der Waals surface area contributed by atoms with Gasteiger partial charge in [-0.2, -0.15) is 4.31 Å². The molecule has 148 valence electrons. The summed E-state index contributed by atoms with van der Waals surface area (Å²) in [7, 11) is -3.60. The predicted molar refractivity (Wildman–Crippen MR) is 105 cm³/mol. The highest BCUT2D eigenvalue weighted by Crippen LogP contribution is 2.44. The van der Waals surface area contributed by atoms with Gasteiger partial charge in [-0.25, -0.2) is 8.42 Å². The molecule has 1 aliphatic heterocycles. The van der Waals surface area contributed by atoms with Gasteiger partial charge in [-0.3, -0.25) is 4.79 Å². The zero-order chi connectivity index (χ0) is 19.2. The minimum Gasteiger partial charge on any atom is -0.349 e. The van der Waals surface area contributed by atoms with E-state index in [0.717, 1.165) is 25.2 Å². The van der Waals surface area contributed by atoms with Crippen molar-refractivity contribution < 1.29 is 13.2 Å². The van der Waals surface area contributed by atoms with E-state index in [0.29, 0.717) is 29.9 Å². The highest BCUT2D eigenvalue weighted by molar-refractivity contribution is 7.89. The Labute approximate surface area is 166 Å². The normalized spacial score (nSPS) is 29.2. The molecule has 7 heteroatoms. The molecule has 0 unspecified atom stereocenters. The van der Waals surface area contributed by atoms with Crippen molar-refractivity contribution in [3.05, 3.63) is 28.8 Å². The van der Waals surface area contributed by atoms with Gasteiger partial charge in [0.05, 0.1) is 15.5 Å². The molecule has 3 atom stereocenters. The summed E-state index contributed by atoms with van der Waals surface area (Å²) in [5, 5.41) is 3.39. The van der Waals surface area contributed by atoms with Crippen molar-refractivity contribution in [1.29, 1.82) is 0 Å². The molecule has 1 saturated heterocycles. The summed E-state index contributed by atoms with van der Waals surface area (Å²) < 4.78 is 27.5. The van der Waals surface area contributed by atoms with Crippen molar-refractivity contribution in [1.82, 2.24) is 9.62 Å². The molecule has 1 N–H and O–H groups in total. The SMILES string of the molecule is CC1CCN(S(=O)(=O)c2ccc(Cl)c(C(=O)N[C@H]3C[C@H]4CC[C@H]3C4)c2)CC1. The van der Waals surface area contributed by atoms with E-state index in [4.69, 9.17) is 11.6 Å². The third kappa shape index (κ3) is 3.76. The summed E-state index contributed by atoms with van der Waals surface area (Å²) in [6, 6.07) is 4.66. The Morgan fingerprint density at radius 3 is 2.52 bits per heavy atom. The molecular weight excluding hydrogens is 384 g/mol. The van der Waals surface area contributed by atoms with E-state index < -0.39 is 10.0 Å². The van der Waals surface area contributed by atoms with Crippen LogP contribution in [0.5, 0.6) is 0 Å². The molecule has 0 spiro atoms. The Kier molecular flexibility index (Phi) is 5.25. The number of halogens is 1. The largest absolute Gasteiger partial charge is 0.349 e. The lowest BCUT2D eigenvalue weighted by Gasteiger charge is -2.29. The van der Waals surface area contributed by atoms with E-state index in [1.807, 2.05) is 0 Å². The number of nitrogens with one attached hydrogen (secondary N) is 1. The van der Waals surface area contributed by atoms with Gasteiger partial charge >= 0.3 is 0 Å². The number of nitrogens with zero attached hydrogens (tertiary/aromatic N) is 1. The highest BCUT2D eigenvalue weighted by Gasteiger charge is 2.40. The summed E-state index contributed by atoms with van der Waals surface area (Å²) in [4.78, 5) is 12.9. The zero-order valence-electron chi connectivity index (χ0n) is 15.7. The maximum absolute atomic E-state index is 13.0. The van der Waals surface area contributed by atoms with Crippen LogP contribution in [0.15, 0.2) is 23.1 Å². The molecule has 3 fully saturated rings. The number of benzene rings is 1. The second kappa shape index (κ2) is 7.37. The van der Waals surface area contributed by atoms with Gasteiger partial charge in [-0.05, 0) is 68.1 Å². The first-order valence-corrected chi connectivity index (χ1v) is 11.8. The van der Waals surface area contributed by atoms with Gasteiger partial charge in [0.15, 0.2) is 0 Å². The fourth-order valence-electron chi connectivity index (χ4n) is 4.88. The van der Waals surface area contributed by atoms with Crippen molar-refractivity contribution in [2.45, 2.75) is 56.4 Å². The average Bonchev–Trinajstić information content (AvgIpc) is 3.25. The van der Waals surface area contributed by atoms with Crippen LogP contribution in [0.1, 0.15) is 55.8 Å². The van der Waals surface area contributed by atoms with Gasteiger partial charge in [0.2, 0.25) is 10.0 Å². The van der Waals surface area contributed by atoms with E-state index in [1.165, 1.54) is 41.8 Å². The van der Waals surface area contributed by atoms with Crippen LogP contribution in [-0.4, -0.2) is 37.8 Å². The molecule has 3 aliphatic rings. The van der Waals surface area contributed by atoms with Crippen molar-refractivity contribution in [2.24, 2.45) is 17.8 Å². The molecule has 0 aromatic heterocycles. The van der Waals surface area contributed by atoms with E-state index in [2.05, 4.69) is 12.2 Å². The smallest absolute Gasteiger partial charge is 0.253 e. The quantitative estimate of drug-likeness (QED) is 0.823. The number of hydrogen-bond donors (Lipinski definition) is 1. The number of carbonyl (C=O) groups excluding carboxylic acids is 1. The number of piperidine rings is 1. The van der Waals surface area contributed by atoms with Crippen molar-refractivity contribution >= 4 is 27.5 Å². The second-order valence-corrected chi connectivity index (χ2v) is 10.8. The predicted octanol–water partition coefficient (Wildman–Crippen LogP) is 3.68. The molecule has 4 rings (SSSR count). The topological polar surface area (TPSA) is 66.5 Å². The summed E-state index contributed by atoms with van der Waals surface area (Å²) in [5.41, 5.74) is 0.255. The first kappa shape index (κ1) is 19.2. The van der Waals surface area contributed by atoms with Crippen LogP contribution >= 0.6 is 11.6 Å². The van der Waals surface area contributed by atoms with E-state index in [1.54, 1.807) is 0 Å². The number of rotatable bonds is 4. The first-order chi connectivity index (χ1) is 12.8. The fourth-order valence-corrected chi connectivity index (χ4v) is 6.58. The van der Waals surface area contributed by atoms with Gasteiger partial charge in [0.1, 0.15) is 0 Å². The highest BCUT2D eigenvalue weighted by atomic mass is 35.5. The molecule has 1 aromatic rings. The molecule has 1 heterocycles. The number of fused-ring (bicyclic) bond motifs is 2. The molecule has 2 saturated carbocycles. The molecule has 1 amide bonds. The number of sulfonamides is 1. The van der Waals surface area contributed by atoms with Crippen molar-refractivity contribution in [2.75, 3.05) is 13.1 Å². The monoisotopic (exact) mass is 410 g/mol. The van der Waals surface area contributed by atoms with Crippen molar-refractivity contribution in [3.63, 3.8) is 0 Å². The van der Waals surface area contributed by atoms with Gasteiger partial charge in [-0.15, -0.1) is 0 Å². The second-order valence-electron chi connectivity index (χ2n) is 8.48. The lowest BCUT2D eigenvalue weighted by Crippen LogP contribution is -2.39. The van der Waals surface area contributed by atoms with Crippen LogP contribution in [0.4, 0.5) is 0 Å². The summed E-state index contributed by atoms with van der Waals surface area (Å²) >= 11 is 6.24. The molecule has 27 heavy (non-hydrogen) atoms. The van der Waals surface area contributed by atoms with E-state index in [-0.39, 0.29) is 22.4 Å². The van der Waals surface area contributed by atoms with Crippen LogP contribution in [0.25, 0.3) is 0 Å². The van der Waals surface area contributed by atoms with Crippen LogP contribution in [-0.2, 0) is 10.0 Å². The standard InChI is InChI=1S/C20H27ClN2O3S/c1-13-6-8-23(9-7-13)27(25,26)16-4-5-18(21)17(12-16)20(24)22-19-11-14-2-3-15(19)10-14/h4-5,12-15,19H,2-3,6-11H2,1H3,(H,22,24)/t14-,15-,19-/m0/s1. The van der Waals surface area contributed by atoms with Crippen LogP contribution < -0.4 is 5.32 Å². The molecular formula is C20H27ClN2O3S. The Morgan fingerprint density at radius 1 is 1.15 bits per heavy atom. The van der Waals surface area contributed by atoms with Crippen LogP contribution in [0, 0.1) is 17.8 Å². The summed E-state index contributed by atoms with van der Waals surface area (Å²) in [6.07, 6.45) is 6.39. The van der Waals surface area contributed by atoms with Gasteiger partial charge in [0.25, 0.3) is 5.91 Å². The first-order valence-electron chi connectivity index (χ1n) is 9.95. The van der Waals surface area contributed by atoms with Crippen molar-refractivity contribution in [3.8, 4) is 0 Å². The number of hydrogen-bond acceptors (Lipinski definition) is 3. The Bertz CT molecular complexity index is 834. The molecule has 0 radical (unpaired) electrons. The van der Waals surface area contributed by atoms with Crippen LogP contribution in [0.3, 0.4) is 0 Å². The zero-order valence-corrected chi connectivity index (χ0v) is 17.2. The van der Waals surface area contributed by atoms with Gasteiger partial charge < -0.3 is 5.32 Å². The average molecular weight is 411 g/mol. The molecule has 2 bridgehead atoms. The van der Waals surface area contributed by atoms with E-state index in [9.17, 15) is 13.2 Å². The third-order valence-electron chi connectivity index (χ3n) is 6.62. The maximum atomic E-state index is 13.0. The Morgan fingerprint density at radius 2 is 1.89 bits per heavy atom. The fraction of sp³-hybridized carbons (Fsp3) is 0.650. The van der Waals surface area contributed by atoms with Gasteiger partial charge in [0, 0.05) is 19.1 Å². The number of carbonyl (C=O) groups is 1. The summed E-state index contributed by atoms with van der Waals surface area (Å²) in [6.45, 7) is 3.20. The minimum atomic E-state index is -3.60. The lowest BCUT2D eigenvalue weighted by atomic mass is 9.95. The number of amides is 1. The Balaban J connectivity index is 1.53. The lowest BCUT2D eigenvalue weighted by molar-refractivity contribution is 0.0923. The molecule has 1 aromatic carbocycles. The third-order valence-corrected chi connectivity index (χ3v) is 8.84. The van der Waals surface area contributed by atoms with Crippen LogP contribution in [0.2, 0.25) is 5.02 Å². The Hall–Kier alpha value is -1.11.